The predicted molar refractivity (Wildman–Crippen MR) is 97.7 cm³/mol. The van der Waals surface area contributed by atoms with E-state index in [4.69, 9.17) is 4.74 Å². The molecule has 0 aliphatic carbocycles. The van der Waals surface area contributed by atoms with E-state index in [1.165, 1.54) is 0 Å². The summed E-state index contributed by atoms with van der Waals surface area (Å²) < 4.78 is 5.66. The van der Waals surface area contributed by atoms with Gasteiger partial charge in [0.25, 0.3) is 0 Å². The van der Waals surface area contributed by atoms with Gasteiger partial charge in [-0.05, 0) is 51.5 Å². The van der Waals surface area contributed by atoms with Crippen LogP contribution in [0.3, 0.4) is 0 Å². The first-order valence-electron chi connectivity index (χ1n) is 8.03. The lowest BCUT2D eigenvalue weighted by Crippen LogP contribution is -2.42. The van der Waals surface area contributed by atoms with E-state index in [-0.39, 0.29) is 18.2 Å². The summed E-state index contributed by atoms with van der Waals surface area (Å²) in [7, 11) is 0. The average Bonchev–Trinajstić information content (AvgIpc) is 2.49. The Morgan fingerprint density at radius 1 is 1.42 bits per heavy atom. The van der Waals surface area contributed by atoms with Crippen LogP contribution in [0.1, 0.15) is 26.3 Å². The highest BCUT2D eigenvalue weighted by Gasteiger charge is 2.13. The highest BCUT2D eigenvalue weighted by Crippen LogP contribution is 2.22. The lowest BCUT2D eigenvalue weighted by molar-refractivity contribution is 0.0997. The molecule has 0 bridgehead atoms. The summed E-state index contributed by atoms with van der Waals surface area (Å²) in [6.07, 6.45) is 1.02. The highest BCUT2D eigenvalue weighted by molar-refractivity contribution is 5.89. The van der Waals surface area contributed by atoms with Crippen LogP contribution in [0.5, 0.6) is 5.75 Å². The summed E-state index contributed by atoms with van der Waals surface area (Å²) in [6.45, 7) is 12.6. The third kappa shape index (κ3) is 7.99. The van der Waals surface area contributed by atoms with Gasteiger partial charge in [0, 0.05) is 24.3 Å². The van der Waals surface area contributed by atoms with E-state index in [0.29, 0.717) is 24.5 Å². The van der Waals surface area contributed by atoms with Crippen molar-refractivity contribution in [1.29, 1.82) is 0 Å². The lowest BCUT2D eigenvalue weighted by atomic mass is 10.1. The smallest absolute Gasteiger partial charge is 0.319 e. The normalized spacial score (nSPS) is 12.4. The molecule has 2 amide bonds. The Labute approximate surface area is 144 Å². The summed E-state index contributed by atoms with van der Waals surface area (Å²) >= 11 is 0. The van der Waals surface area contributed by atoms with E-state index in [1.807, 2.05) is 33.8 Å². The Morgan fingerprint density at radius 3 is 2.71 bits per heavy atom. The first-order valence-corrected chi connectivity index (χ1v) is 8.03. The minimum Gasteiger partial charge on any atom is -0.491 e. The summed E-state index contributed by atoms with van der Waals surface area (Å²) in [4.78, 5) is 11.6. The van der Waals surface area contributed by atoms with E-state index < -0.39 is 6.10 Å². The van der Waals surface area contributed by atoms with Crippen LogP contribution in [-0.2, 0) is 0 Å². The first kappa shape index (κ1) is 20.0. The van der Waals surface area contributed by atoms with Crippen molar-refractivity contribution in [3.8, 4) is 5.75 Å². The minimum atomic E-state index is -0.592. The molecule has 6 nitrogen and oxygen atoms in total. The van der Waals surface area contributed by atoms with E-state index in [2.05, 4.69) is 22.5 Å². The van der Waals surface area contributed by atoms with Gasteiger partial charge in [0.15, 0.2) is 0 Å². The van der Waals surface area contributed by atoms with Gasteiger partial charge in [-0.15, -0.1) is 6.58 Å². The van der Waals surface area contributed by atoms with Crippen LogP contribution in [0, 0.1) is 6.92 Å². The molecule has 1 aromatic rings. The number of benzene rings is 1. The molecule has 0 aromatic heterocycles. The molecule has 0 saturated carbocycles. The number of hydrogen-bond donors (Lipinski definition) is 4. The molecular weight excluding hydrogens is 306 g/mol. The van der Waals surface area contributed by atoms with Crippen molar-refractivity contribution < 1.29 is 14.6 Å². The second-order valence-electron chi connectivity index (χ2n) is 6.70. The third-order valence-electron chi connectivity index (χ3n) is 3.14. The van der Waals surface area contributed by atoms with Crippen LogP contribution in [0.4, 0.5) is 10.5 Å². The number of nitrogens with one attached hydrogen (secondary N) is 3. The molecule has 0 aliphatic heterocycles. The lowest BCUT2D eigenvalue weighted by Gasteiger charge is -2.23. The van der Waals surface area contributed by atoms with Crippen LogP contribution >= 0.6 is 0 Å². The Morgan fingerprint density at radius 2 is 2.12 bits per heavy atom. The summed E-state index contributed by atoms with van der Waals surface area (Å²) in [5.74, 6) is 0.682. The van der Waals surface area contributed by atoms with Gasteiger partial charge in [-0.1, -0.05) is 6.08 Å². The maximum Gasteiger partial charge on any atom is 0.319 e. The number of β-amino-alcohol motifs (C(OH)–C–C–N with tert-alkyl or cyclic N) is 1. The third-order valence-corrected chi connectivity index (χ3v) is 3.14. The van der Waals surface area contributed by atoms with Crippen LogP contribution in [0.25, 0.3) is 0 Å². The van der Waals surface area contributed by atoms with Gasteiger partial charge in [0.05, 0.1) is 0 Å². The Hall–Kier alpha value is -2.05. The average molecular weight is 335 g/mol. The van der Waals surface area contributed by atoms with Gasteiger partial charge in [-0.3, -0.25) is 0 Å². The van der Waals surface area contributed by atoms with Gasteiger partial charge in [0.2, 0.25) is 0 Å². The van der Waals surface area contributed by atoms with E-state index in [1.54, 1.807) is 18.2 Å². The number of carbonyl (C=O) groups excluding carboxylic acids is 1. The molecule has 0 aliphatic rings. The zero-order valence-corrected chi connectivity index (χ0v) is 15.0. The summed E-state index contributed by atoms with van der Waals surface area (Å²) in [5, 5.41) is 18.6. The molecule has 1 unspecified atom stereocenters. The van der Waals surface area contributed by atoms with Crippen LogP contribution in [-0.4, -0.2) is 42.5 Å². The minimum absolute atomic E-state index is 0.0453. The molecule has 0 radical (unpaired) electrons. The maximum absolute atomic E-state index is 11.6. The number of aliphatic hydroxyl groups is 1. The number of rotatable bonds is 8. The number of hydrogen-bond acceptors (Lipinski definition) is 4. The number of anilines is 1. The number of carbonyl (C=O) groups is 1. The van der Waals surface area contributed by atoms with E-state index in [9.17, 15) is 9.90 Å². The Bertz CT molecular complexity index is 553. The largest absolute Gasteiger partial charge is 0.491 e. The fourth-order valence-electron chi connectivity index (χ4n) is 1.90. The molecule has 0 heterocycles. The van der Waals surface area contributed by atoms with Crippen molar-refractivity contribution in [3.63, 3.8) is 0 Å². The number of aliphatic hydroxyl groups excluding tert-OH is 1. The van der Waals surface area contributed by atoms with Gasteiger partial charge in [-0.25, -0.2) is 4.79 Å². The van der Waals surface area contributed by atoms with Crippen LogP contribution in [0.2, 0.25) is 0 Å². The maximum atomic E-state index is 11.6. The van der Waals surface area contributed by atoms with Crippen molar-refractivity contribution in [2.45, 2.75) is 39.3 Å². The SMILES string of the molecule is C=CCNC(=O)Nc1ccc(OCC(O)CNC(C)(C)C)c(C)c1. The van der Waals surface area contributed by atoms with Crippen LogP contribution < -0.4 is 20.7 Å². The van der Waals surface area contributed by atoms with Crippen LogP contribution in [0.15, 0.2) is 30.9 Å². The molecule has 24 heavy (non-hydrogen) atoms. The number of aryl methyl sites for hydroxylation is 1. The highest BCUT2D eigenvalue weighted by atomic mass is 16.5. The Balaban J connectivity index is 2.50. The van der Waals surface area contributed by atoms with Crippen molar-refractivity contribution in [2.24, 2.45) is 0 Å². The zero-order valence-electron chi connectivity index (χ0n) is 15.0. The molecule has 6 heteroatoms. The van der Waals surface area contributed by atoms with Crippen molar-refractivity contribution in [3.05, 3.63) is 36.4 Å². The summed E-state index contributed by atoms with van der Waals surface area (Å²) in [6, 6.07) is 5.08. The van der Waals surface area contributed by atoms with Gasteiger partial charge in [-0.2, -0.15) is 0 Å². The molecule has 134 valence electrons. The molecule has 0 fully saturated rings. The van der Waals surface area contributed by atoms with Crippen molar-refractivity contribution in [2.75, 3.05) is 25.0 Å². The molecule has 4 N–H and O–H groups in total. The first-order chi connectivity index (χ1) is 11.2. The second-order valence-corrected chi connectivity index (χ2v) is 6.70. The van der Waals surface area contributed by atoms with Crippen molar-refractivity contribution >= 4 is 11.7 Å². The molecule has 1 rings (SSSR count). The topological polar surface area (TPSA) is 82.6 Å². The fraction of sp³-hybridized carbons (Fsp3) is 0.500. The predicted octanol–water partition coefficient (Wildman–Crippen LogP) is 2.43. The molecule has 1 atom stereocenters. The number of ether oxygens (including phenoxy) is 1. The zero-order chi connectivity index (χ0) is 18.2. The van der Waals surface area contributed by atoms with E-state index >= 15 is 0 Å². The molecule has 0 saturated heterocycles. The van der Waals surface area contributed by atoms with Crippen molar-refractivity contribution in [1.82, 2.24) is 10.6 Å². The number of urea groups is 1. The van der Waals surface area contributed by atoms with Gasteiger partial charge >= 0.3 is 6.03 Å². The van der Waals surface area contributed by atoms with Gasteiger partial charge < -0.3 is 25.8 Å². The fourth-order valence-corrected chi connectivity index (χ4v) is 1.90. The number of amides is 2. The quantitative estimate of drug-likeness (QED) is 0.550. The Kier molecular flexibility index (Phi) is 7.74. The van der Waals surface area contributed by atoms with Gasteiger partial charge in [0.1, 0.15) is 18.5 Å². The molecular formula is C18H29N3O3. The molecule has 1 aromatic carbocycles. The second kappa shape index (κ2) is 9.30. The van der Waals surface area contributed by atoms with E-state index in [0.717, 1.165) is 5.56 Å². The summed E-state index contributed by atoms with van der Waals surface area (Å²) in [5.41, 5.74) is 1.51. The standard InChI is InChI=1S/C18H29N3O3/c1-6-9-19-17(23)21-14-7-8-16(13(2)10-14)24-12-15(22)11-20-18(3,4)5/h6-8,10,15,20,22H,1,9,11-12H2,2-5H3,(H2,19,21,23). The molecule has 0 spiro atoms. The monoisotopic (exact) mass is 335 g/mol.